The molecule has 0 bridgehead atoms. The monoisotopic (exact) mass is 196 g/mol. The van der Waals surface area contributed by atoms with Crippen LogP contribution in [0.4, 0.5) is 0 Å². The molecular weight excluding hydrogens is 180 g/mol. The Hall–Kier alpha value is -0.870. The molecule has 1 saturated heterocycles. The van der Waals surface area contributed by atoms with E-state index in [0.717, 1.165) is 18.8 Å². The molecule has 1 fully saturated rings. The van der Waals surface area contributed by atoms with Crippen LogP contribution in [0.3, 0.4) is 0 Å². The molecular formula is C10H16N2O2. The molecule has 1 aromatic heterocycles. The second kappa shape index (κ2) is 4.11. The lowest BCUT2D eigenvalue weighted by Crippen LogP contribution is -2.03. The number of hydrogen-bond donors (Lipinski definition) is 1. The predicted octanol–water partition coefficient (Wildman–Crippen LogP) is 1.27. The average molecular weight is 196 g/mol. The highest BCUT2D eigenvalue weighted by Gasteiger charge is 2.28. The number of aromatic nitrogens is 1. The van der Waals surface area contributed by atoms with Gasteiger partial charge in [0.2, 0.25) is 0 Å². The van der Waals surface area contributed by atoms with Crippen LogP contribution < -0.4 is 5.73 Å². The van der Waals surface area contributed by atoms with Crippen molar-refractivity contribution in [3.05, 3.63) is 17.8 Å². The van der Waals surface area contributed by atoms with Gasteiger partial charge in [-0.1, -0.05) is 6.92 Å². The number of nitrogens with two attached hydrogens (primary N) is 1. The van der Waals surface area contributed by atoms with Gasteiger partial charge in [0.05, 0.1) is 6.20 Å². The maximum absolute atomic E-state index is 5.58. The molecule has 2 atom stereocenters. The van der Waals surface area contributed by atoms with Gasteiger partial charge in [-0.2, -0.15) is 0 Å². The molecule has 4 heteroatoms. The number of ether oxygens (including phenoxy) is 1. The molecule has 0 saturated carbocycles. The van der Waals surface area contributed by atoms with Gasteiger partial charge in [0, 0.05) is 19.6 Å². The molecule has 0 aromatic carbocycles. The Kier molecular flexibility index (Phi) is 2.84. The zero-order chi connectivity index (χ0) is 9.97. The summed E-state index contributed by atoms with van der Waals surface area (Å²) >= 11 is 0. The zero-order valence-corrected chi connectivity index (χ0v) is 8.40. The minimum atomic E-state index is 0.0917. The van der Waals surface area contributed by atoms with Gasteiger partial charge >= 0.3 is 0 Å². The maximum atomic E-state index is 5.58. The fourth-order valence-electron chi connectivity index (χ4n) is 1.75. The van der Waals surface area contributed by atoms with Gasteiger partial charge in [0.15, 0.2) is 11.7 Å². The van der Waals surface area contributed by atoms with Gasteiger partial charge in [-0.05, 0) is 12.3 Å². The van der Waals surface area contributed by atoms with Gasteiger partial charge in [-0.3, -0.25) is 0 Å². The van der Waals surface area contributed by atoms with E-state index in [4.69, 9.17) is 14.9 Å². The fourth-order valence-corrected chi connectivity index (χ4v) is 1.75. The summed E-state index contributed by atoms with van der Waals surface area (Å²) in [6.07, 6.45) is 3.64. The minimum Gasteiger partial charge on any atom is -0.443 e. The third-order valence-electron chi connectivity index (χ3n) is 2.60. The number of hydrogen-bond acceptors (Lipinski definition) is 4. The van der Waals surface area contributed by atoms with Crippen LogP contribution in [0, 0.1) is 5.92 Å². The lowest BCUT2D eigenvalue weighted by Gasteiger charge is -2.09. The second-order valence-corrected chi connectivity index (χ2v) is 3.75. The lowest BCUT2D eigenvalue weighted by atomic mass is 10.0. The quantitative estimate of drug-likeness (QED) is 0.790. The van der Waals surface area contributed by atoms with Crippen LogP contribution in [0.15, 0.2) is 10.6 Å². The first-order valence-electron chi connectivity index (χ1n) is 5.07. The van der Waals surface area contributed by atoms with Gasteiger partial charge < -0.3 is 14.9 Å². The van der Waals surface area contributed by atoms with E-state index in [1.807, 2.05) is 0 Å². The Morgan fingerprint density at radius 3 is 3.14 bits per heavy atom. The Labute approximate surface area is 83.4 Å². The first kappa shape index (κ1) is 9.68. The van der Waals surface area contributed by atoms with Crippen molar-refractivity contribution in [2.24, 2.45) is 11.7 Å². The van der Waals surface area contributed by atoms with Gasteiger partial charge in [-0.15, -0.1) is 0 Å². The SMILES string of the molecule is CC1CCOC1c1cnc(CCN)o1. The molecule has 2 heterocycles. The topological polar surface area (TPSA) is 61.3 Å². The molecule has 1 aliphatic heterocycles. The van der Waals surface area contributed by atoms with Crippen LogP contribution in [0.2, 0.25) is 0 Å². The molecule has 2 rings (SSSR count). The van der Waals surface area contributed by atoms with Gasteiger partial charge in [0.25, 0.3) is 0 Å². The minimum absolute atomic E-state index is 0.0917. The standard InChI is InChI=1S/C10H16N2O2/c1-7-3-5-13-10(7)8-6-12-9(14-8)2-4-11/h6-7,10H,2-5,11H2,1H3. The van der Waals surface area contributed by atoms with E-state index in [1.54, 1.807) is 6.20 Å². The molecule has 2 unspecified atom stereocenters. The first-order valence-corrected chi connectivity index (χ1v) is 5.07. The Morgan fingerprint density at radius 1 is 1.64 bits per heavy atom. The summed E-state index contributed by atoms with van der Waals surface area (Å²) in [7, 11) is 0. The van der Waals surface area contributed by atoms with Crippen LogP contribution in [0.5, 0.6) is 0 Å². The number of nitrogens with zero attached hydrogens (tertiary/aromatic N) is 1. The van der Waals surface area contributed by atoms with E-state index >= 15 is 0 Å². The Bertz CT molecular complexity index is 298. The zero-order valence-electron chi connectivity index (χ0n) is 8.40. The molecule has 0 spiro atoms. The smallest absolute Gasteiger partial charge is 0.195 e. The van der Waals surface area contributed by atoms with Crippen molar-refractivity contribution in [2.45, 2.75) is 25.9 Å². The molecule has 78 valence electrons. The van der Waals surface area contributed by atoms with Crippen molar-refractivity contribution in [2.75, 3.05) is 13.2 Å². The van der Waals surface area contributed by atoms with Crippen molar-refractivity contribution in [1.82, 2.24) is 4.98 Å². The molecule has 0 aliphatic carbocycles. The molecule has 14 heavy (non-hydrogen) atoms. The predicted molar refractivity (Wildman–Crippen MR) is 51.7 cm³/mol. The van der Waals surface area contributed by atoms with Gasteiger partial charge in [0.1, 0.15) is 6.10 Å². The highest BCUT2D eigenvalue weighted by atomic mass is 16.5. The number of rotatable bonds is 3. The molecule has 0 amide bonds. The molecule has 0 radical (unpaired) electrons. The van der Waals surface area contributed by atoms with Crippen LogP contribution in [-0.4, -0.2) is 18.1 Å². The van der Waals surface area contributed by atoms with E-state index in [1.165, 1.54) is 0 Å². The molecule has 1 aromatic rings. The summed E-state index contributed by atoms with van der Waals surface area (Å²) in [4.78, 5) is 4.16. The van der Waals surface area contributed by atoms with Crippen LogP contribution in [0.1, 0.15) is 31.1 Å². The fraction of sp³-hybridized carbons (Fsp3) is 0.700. The van der Waals surface area contributed by atoms with Crippen LogP contribution in [-0.2, 0) is 11.2 Å². The largest absolute Gasteiger partial charge is 0.443 e. The van der Waals surface area contributed by atoms with Crippen molar-refractivity contribution in [3.8, 4) is 0 Å². The highest BCUT2D eigenvalue weighted by Crippen LogP contribution is 2.34. The lowest BCUT2D eigenvalue weighted by molar-refractivity contribution is 0.0750. The third kappa shape index (κ3) is 1.81. The highest BCUT2D eigenvalue weighted by molar-refractivity contribution is 5.01. The Balaban J connectivity index is 2.08. The normalized spacial score (nSPS) is 27.0. The average Bonchev–Trinajstić information content (AvgIpc) is 2.74. The van der Waals surface area contributed by atoms with E-state index in [-0.39, 0.29) is 6.10 Å². The van der Waals surface area contributed by atoms with Crippen LogP contribution >= 0.6 is 0 Å². The van der Waals surface area contributed by atoms with E-state index in [2.05, 4.69) is 11.9 Å². The summed E-state index contributed by atoms with van der Waals surface area (Å²) in [5.41, 5.74) is 5.42. The first-order chi connectivity index (χ1) is 6.81. The number of oxazole rings is 1. The van der Waals surface area contributed by atoms with E-state index < -0.39 is 0 Å². The van der Waals surface area contributed by atoms with Crippen molar-refractivity contribution in [1.29, 1.82) is 0 Å². The molecule has 1 aliphatic rings. The van der Waals surface area contributed by atoms with Gasteiger partial charge in [-0.25, -0.2) is 4.98 Å². The summed E-state index contributed by atoms with van der Waals surface area (Å²) in [6.45, 7) is 3.56. The van der Waals surface area contributed by atoms with Crippen molar-refractivity contribution < 1.29 is 9.15 Å². The van der Waals surface area contributed by atoms with Crippen molar-refractivity contribution >= 4 is 0 Å². The molecule has 4 nitrogen and oxygen atoms in total. The van der Waals surface area contributed by atoms with E-state index in [9.17, 15) is 0 Å². The third-order valence-corrected chi connectivity index (χ3v) is 2.60. The Morgan fingerprint density at radius 2 is 2.50 bits per heavy atom. The summed E-state index contributed by atoms with van der Waals surface area (Å²) in [5.74, 6) is 2.08. The van der Waals surface area contributed by atoms with Crippen LogP contribution in [0.25, 0.3) is 0 Å². The second-order valence-electron chi connectivity index (χ2n) is 3.75. The van der Waals surface area contributed by atoms with E-state index in [0.29, 0.717) is 24.8 Å². The summed E-state index contributed by atoms with van der Waals surface area (Å²) in [5, 5.41) is 0. The maximum Gasteiger partial charge on any atom is 0.195 e. The summed E-state index contributed by atoms with van der Waals surface area (Å²) < 4.78 is 11.1. The van der Waals surface area contributed by atoms with Crippen molar-refractivity contribution in [3.63, 3.8) is 0 Å². The summed E-state index contributed by atoms with van der Waals surface area (Å²) in [6, 6.07) is 0. The molecule has 2 N–H and O–H groups in total.